The summed E-state index contributed by atoms with van der Waals surface area (Å²) in [4.78, 5) is 35.1. The highest BCUT2D eigenvalue weighted by Crippen LogP contribution is 2.16. The van der Waals surface area contributed by atoms with Crippen LogP contribution in [0.3, 0.4) is 0 Å². The van der Waals surface area contributed by atoms with Crippen LogP contribution in [-0.4, -0.2) is 20.6 Å². The van der Waals surface area contributed by atoms with E-state index in [4.69, 9.17) is 5.11 Å². The fourth-order valence-corrected chi connectivity index (χ4v) is 1.52. The van der Waals surface area contributed by atoms with E-state index in [1.54, 1.807) is 4.98 Å². The van der Waals surface area contributed by atoms with Gasteiger partial charge in [-0.05, 0) is 0 Å². The highest BCUT2D eigenvalue weighted by molar-refractivity contribution is 5.86. The average molecular weight is 286 g/mol. The Morgan fingerprint density at radius 1 is 1.20 bits per heavy atom. The van der Waals surface area contributed by atoms with Gasteiger partial charge in [-0.1, -0.05) is 0 Å². The Morgan fingerprint density at radius 2 is 1.85 bits per heavy atom. The predicted octanol–water partition coefficient (Wildman–Crippen LogP) is 0.641. The number of carbonyl (C=O) groups is 1. The number of hydrogen-bond donors (Lipinski definition) is 2. The Bertz CT molecular complexity index is 825. The van der Waals surface area contributed by atoms with Crippen LogP contribution in [0.4, 0.5) is 13.2 Å². The lowest BCUT2D eigenvalue weighted by Crippen LogP contribution is -2.33. The predicted molar refractivity (Wildman–Crippen MR) is 59.5 cm³/mol. The summed E-state index contributed by atoms with van der Waals surface area (Å²) in [5.74, 6) is -5.97. The zero-order chi connectivity index (χ0) is 15.0. The first-order valence-corrected chi connectivity index (χ1v) is 5.05. The number of rotatable bonds is 2. The number of carboxylic acids is 1. The van der Waals surface area contributed by atoms with Gasteiger partial charge in [-0.15, -0.1) is 0 Å². The lowest BCUT2D eigenvalue weighted by Gasteiger charge is -2.08. The van der Waals surface area contributed by atoms with Crippen molar-refractivity contribution in [2.75, 3.05) is 0 Å². The van der Waals surface area contributed by atoms with Gasteiger partial charge in [0.15, 0.2) is 11.6 Å². The van der Waals surface area contributed by atoms with E-state index in [1.165, 1.54) is 0 Å². The summed E-state index contributed by atoms with van der Waals surface area (Å²) in [5.41, 5.74) is -4.18. The molecule has 0 aliphatic rings. The molecule has 6 nitrogen and oxygen atoms in total. The summed E-state index contributed by atoms with van der Waals surface area (Å²) in [6.45, 7) is 0. The van der Waals surface area contributed by atoms with Gasteiger partial charge in [0.25, 0.3) is 5.56 Å². The number of hydrogen-bond acceptors (Lipinski definition) is 3. The molecular formula is C11H5F3N2O4. The first kappa shape index (κ1) is 13.6. The number of carboxylic acid groups (broad SMARTS) is 1. The van der Waals surface area contributed by atoms with E-state index < -0.39 is 45.9 Å². The zero-order valence-electron chi connectivity index (χ0n) is 9.49. The first-order chi connectivity index (χ1) is 9.31. The van der Waals surface area contributed by atoms with Crippen molar-refractivity contribution in [2.45, 2.75) is 0 Å². The van der Waals surface area contributed by atoms with E-state index in [0.29, 0.717) is 16.8 Å². The van der Waals surface area contributed by atoms with E-state index in [2.05, 4.69) is 0 Å². The molecule has 0 amide bonds. The molecule has 0 unspecified atom stereocenters. The lowest BCUT2D eigenvalue weighted by atomic mass is 10.2. The second-order valence-corrected chi connectivity index (χ2v) is 3.70. The summed E-state index contributed by atoms with van der Waals surface area (Å²) < 4.78 is 40.0. The summed E-state index contributed by atoms with van der Waals surface area (Å²) in [6, 6.07) is 0.747. The number of nitrogens with one attached hydrogen (secondary N) is 1. The molecule has 104 valence electrons. The van der Waals surface area contributed by atoms with Gasteiger partial charge in [0.1, 0.15) is 11.4 Å². The lowest BCUT2D eigenvalue weighted by molar-refractivity contribution is 0.0694. The number of H-pyrrole nitrogens is 1. The molecule has 1 heterocycles. The molecule has 2 aromatic rings. The molecule has 0 aliphatic heterocycles. The van der Waals surface area contributed by atoms with Gasteiger partial charge in [0.05, 0.1) is 5.69 Å². The smallest absolute Gasteiger partial charge is 0.342 e. The van der Waals surface area contributed by atoms with Crippen LogP contribution in [0.2, 0.25) is 0 Å². The minimum Gasteiger partial charge on any atom is -0.477 e. The molecule has 1 aromatic heterocycles. The van der Waals surface area contributed by atoms with Crippen LogP contribution in [0.1, 0.15) is 10.4 Å². The average Bonchev–Trinajstić information content (AvgIpc) is 2.33. The topological polar surface area (TPSA) is 92.2 Å². The van der Waals surface area contributed by atoms with Crippen LogP contribution < -0.4 is 11.2 Å². The minimum atomic E-state index is -1.68. The van der Waals surface area contributed by atoms with E-state index in [1.807, 2.05) is 0 Å². The van der Waals surface area contributed by atoms with Crippen molar-refractivity contribution in [1.82, 2.24) is 9.55 Å². The molecule has 0 saturated heterocycles. The highest BCUT2D eigenvalue weighted by Gasteiger charge is 2.17. The zero-order valence-corrected chi connectivity index (χ0v) is 9.49. The summed E-state index contributed by atoms with van der Waals surface area (Å²) >= 11 is 0. The third-order valence-electron chi connectivity index (χ3n) is 2.41. The second-order valence-electron chi connectivity index (χ2n) is 3.70. The van der Waals surface area contributed by atoms with E-state index >= 15 is 0 Å². The van der Waals surface area contributed by atoms with Crippen molar-refractivity contribution in [1.29, 1.82) is 0 Å². The van der Waals surface area contributed by atoms with Gasteiger partial charge in [-0.3, -0.25) is 14.3 Å². The van der Waals surface area contributed by atoms with Gasteiger partial charge >= 0.3 is 11.7 Å². The van der Waals surface area contributed by atoms with Gasteiger partial charge < -0.3 is 5.11 Å². The Balaban J connectivity index is 2.83. The molecule has 1 aromatic carbocycles. The largest absolute Gasteiger partial charge is 0.477 e. The van der Waals surface area contributed by atoms with Crippen molar-refractivity contribution in [3.05, 3.63) is 62.2 Å². The molecule has 0 spiro atoms. The van der Waals surface area contributed by atoms with Crippen LogP contribution in [0.25, 0.3) is 5.69 Å². The van der Waals surface area contributed by atoms with E-state index in [-0.39, 0.29) is 6.07 Å². The molecular weight excluding hydrogens is 281 g/mol. The van der Waals surface area contributed by atoms with Crippen LogP contribution in [-0.2, 0) is 0 Å². The Hall–Kier alpha value is -2.84. The maximum Gasteiger partial charge on any atom is 0.342 e. The van der Waals surface area contributed by atoms with Crippen LogP contribution >= 0.6 is 0 Å². The normalized spacial score (nSPS) is 10.6. The Kier molecular flexibility index (Phi) is 3.18. The molecule has 2 rings (SSSR count). The van der Waals surface area contributed by atoms with Crippen molar-refractivity contribution in [2.24, 2.45) is 0 Å². The van der Waals surface area contributed by atoms with Crippen molar-refractivity contribution < 1.29 is 23.1 Å². The van der Waals surface area contributed by atoms with Gasteiger partial charge in [0.2, 0.25) is 0 Å². The van der Waals surface area contributed by atoms with Gasteiger partial charge in [-0.2, -0.15) is 0 Å². The Morgan fingerprint density at radius 3 is 2.45 bits per heavy atom. The van der Waals surface area contributed by atoms with Crippen LogP contribution in [0.15, 0.2) is 27.9 Å². The molecule has 0 fully saturated rings. The maximum atomic E-state index is 13.5. The van der Waals surface area contributed by atoms with Crippen LogP contribution in [0.5, 0.6) is 0 Å². The maximum absolute atomic E-state index is 13.5. The van der Waals surface area contributed by atoms with Crippen molar-refractivity contribution in [3.8, 4) is 5.69 Å². The number of aromatic amines is 1. The number of halogens is 3. The molecule has 0 saturated carbocycles. The summed E-state index contributed by atoms with van der Waals surface area (Å²) in [7, 11) is 0. The molecule has 0 atom stereocenters. The fourth-order valence-electron chi connectivity index (χ4n) is 1.52. The van der Waals surface area contributed by atoms with Gasteiger partial charge in [-0.25, -0.2) is 22.8 Å². The third-order valence-corrected chi connectivity index (χ3v) is 2.41. The van der Waals surface area contributed by atoms with Crippen LogP contribution in [0, 0.1) is 17.5 Å². The standard InChI is InChI=1S/C11H5F3N2O4/c12-4-1-6(13)8(14)7(2-4)16-3-5(10(18)19)9(17)15-11(16)20/h1-3H,(H,18,19)(H,15,17,20). The van der Waals surface area contributed by atoms with E-state index in [9.17, 15) is 27.6 Å². The van der Waals surface area contributed by atoms with Crippen molar-refractivity contribution in [3.63, 3.8) is 0 Å². The highest BCUT2D eigenvalue weighted by atomic mass is 19.2. The second kappa shape index (κ2) is 4.68. The summed E-state index contributed by atoms with van der Waals surface area (Å²) in [6.07, 6.45) is 0.487. The van der Waals surface area contributed by atoms with Gasteiger partial charge in [0, 0.05) is 18.3 Å². The molecule has 2 N–H and O–H groups in total. The first-order valence-electron chi connectivity index (χ1n) is 5.05. The molecule has 0 bridgehead atoms. The molecule has 9 heteroatoms. The quantitative estimate of drug-likeness (QED) is 0.792. The number of benzene rings is 1. The minimum absolute atomic E-state index is 0.258. The summed E-state index contributed by atoms with van der Waals surface area (Å²) in [5, 5.41) is 8.73. The number of aromatic nitrogens is 2. The fraction of sp³-hybridized carbons (Fsp3) is 0. The Labute approximate surface area is 107 Å². The number of aromatic carboxylic acids is 1. The van der Waals surface area contributed by atoms with E-state index in [0.717, 1.165) is 0 Å². The molecule has 0 radical (unpaired) electrons. The third kappa shape index (κ3) is 2.20. The van der Waals surface area contributed by atoms with Crippen molar-refractivity contribution >= 4 is 5.97 Å². The SMILES string of the molecule is O=C(O)c1cn(-c2cc(F)cc(F)c2F)c(=O)[nH]c1=O. The molecule has 20 heavy (non-hydrogen) atoms. The monoisotopic (exact) mass is 286 g/mol. The molecule has 0 aliphatic carbocycles. The number of nitrogens with zero attached hydrogens (tertiary/aromatic N) is 1.